The van der Waals surface area contributed by atoms with Crippen molar-refractivity contribution in [3.8, 4) is 11.5 Å². The maximum Gasteiger partial charge on any atom is 0.300 e. The standard InChI is InChI=1S/C27H27NO5S/c1-15(2)33-21-11-6-18(14-17(21)4)24(29)22-23(26-16(3)12-13-34-26)28(27(31)25(22)30)19-7-9-20(32-5)10-8-19/h6-15,23,29H,1-5H3/b24-22-. The number of ketones is 1. The summed E-state index contributed by atoms with van der Waals surface area (Å²) in [5.41, 5.74) is 2.85. The van der Waals surface area contributed by atoms with Gasteiger partial charge in [-0.2, -0.15) is 0 Å². The van der Waals surface area contributed by atoms with Gasteiger partial charge in [0.15, 0.2) is 0 Å². The summed E-state index contributed by atoms with van der Waals surface area (Å²) in [4.78, 5) is 28.8. The van der Waals surface area contributed by atoms with Crippen LogP contribution in [-0.2, 0) is 9.59 Å². The van der Waals surface area contributed by atoms with Crippen molar-refractivity contribution in [2.24, 2.45) is 0 Å². The molecule has 1 aromatic heterocycles. The number of methoxy groups -OCH3 is 1. The Hall–Kier alpha value is -3.58. The van der Waals surface area contributed by atoms with Crippen LogP contribution in [0.1, 0.15) is 41.5 Å². The molecule has 34 heavy (non-hydrogen) atoms. The van der Waals surface area contributed by atoms with Crippen LogP contribution in [0.5, 0.6) is 11.5 Å². The minimum Gasteiger partial charge on any atom is -0.507 e. The predicted molar refractivity (Wildman–Crippen MR) is 134 cm³/mol. The van der Waals surface area contributed by atoms with Crippen molar-refractivity contribution in [2.45, 2.75) is 39.8 Å². The summed E-state index contributed by atoms with van der Waals surface area (Å²) < 4.78 is 11.0. The van der Waals surface area contributed by atoms with E-state index in [4.69, 9.17) is 9.47 Å². The monoisotopic (exact) mass is 477 g/mol. The summed E-state index contributed by atoms with van der Waals surface area (Å²) >= 11 is 1.45. The Kier molecular flexibility index (Phi) is 6.48. The van der Waals surface area contributed by atoms with Crippen molar-refractivity contribution in [3.05, 3.63) is 81.1 Å². The molecule has 0 saturated carbocycles. The molecule has 0 spiro atoms. The highest BCUT2D eigenvalue weighted by Crippen LogP contribution is 2.45. The lowest BCUT2D eigenvalue weighted by Gasteiger charge is -2.25. The Bertz CT molecular complexity index is 1270. The molecule has 1 aliphatic heterocycles. The number of carbonyl (C=O) groups excluding carboxylic acids is 2. The van der Waals surface area contributed by atoms with Gasteiger partial charge < -0.3 is 14.6 Å². The lowest BCUT2D eigenvalue weighted by atomic mass is 9.97. The first kappa shape index (κ1) is 23.6. The summed E-state index contributed by atoms with van der Waals surface area (Å²) in [7, 11) is 1.57. The summed E-state index contributed by atoms with van der Waals surface area (Å²) in [6.45, 7) is 7.70. The highest BCUT2D eigenvalue weighted by atomic mass is 32.1. The van der Waals surface area contributed by atoms with E-state index in [-0.39, 0.29) is 17.4 Å². The number of hydrogen-bond acceptors (Lipinski definition) is 6. The van der Waals surface area contributed by atoms with Gasteiger partial charge in [0.1, 0.15) is 23.3 Å². The first-order valence-corrected chi connectivity index (χ1v) is 11.9. The van der Waals surface area contributed by atoms with E-state index in [0.717, 1.165) is 16.0 Å². The predicted octanol–water partition coefficient (Wildman–Crippen LogP) is 5.79. The molecule has 4 rings (SSSR count). The summed E-state index contributed by atoms with van der Waals surface area (Å²) in [6.07, 6.45) is 0.00905. The van der Waals surface area contributed by atoms with Crippen LogP contribution in [0.4, 0.5) is 5.69 Å². The average Bonchev–Trinajstić information content (AvgIpc) is 3.34. The van der Waals surface area contributed by atoms with Crippen molar-refractivity contribution in [3.63, 3.8) is 0 Å². The first-order valence-electron chi connectivity index (χ1n) is 11.0. The maximum atomic E-state index is 13.3. The molecule has 6 nitrogen and oxygen atoms in total. The second-order valence-corrected chi connectivity index (χ2v) is 9.43. The molecule has 1 atom stereocenters. The van der Waals surface area contributed by atoms with Gasteiger partial charge in [0.05, 0.1) is 18.8 Å². The molecule has 3 aromatic rings. The summed E-state index contributed by atoms with van der Waals surface area (Å²) in [5, 5.41) is 13.3. The van der Waals surface area contributed by atoms with E-state index in [1.807, 2.05) is 39.1 Å². The quantitative estimate of drug-likeness (QED) is 0.276. The number of aryl methyl sites for hydroxylation is 2. The first-order chi connectivity index (χ1) is 16.2. The Morgan fingerprint density at radius 3 is 2.29 bits per heavy atom. The van der Waals surface area contributed by atoms with Crippen LogP contribution in [0.15, 0.2) is 59.5 Å². The second kappa shape index (κ2) is 9.35. The van der Waals surface area contributed by atoms with Gasteiger partial charge in [0, 0.05) is 16.1 Å². The minimum atomic E-state index is -0.736. The highest BCUT2D eigenvalue weighted by molar-refractivity contribution is 7.10. The fourth-order valence-corrected chi connectivity index (χ4v) is 5.12. The fraction of sp³-hybridized carbons (Fsp3) is 0.259. The normalized spacial score (nSPS) is 17.5. The van der Waals surface area contributed by atoms with E-state index in [2.05, 4.69) is 0 Å². The molecule has 0 radical (unpaired) electrons. The van der Waals surface area contributed by atoms with Gasteiger partial charge in [0.25, 0.3) is 11.7 Å². The molecule has 7 heteroatoms. The van der Waals surface area contributed by atoms with Crippen LogP contribution >= 0.6 is 11.3 Å². The van der Waals surface area contributed by atoms with Crippen LogP contribution in [-0.4, -0.2) is 30.0 Å². The van der Waals surface area contributed by atoms with Crippen molar-refractivity contribution in [2.75, 3.05) is 12.0 Å². The van der Waals surface area contributed by atoms with Gasteiger partial charge in [-0.15, -0.1) is 11.3 Å². The number of Topliss-reactive ketones (excluding diaryl/α,β-unsaturated/α-hetero) is 1. The van der Waals surface area contributed by atoms with Gasteiger partial charge in [-0.3, -0.25) is 14.5 Å². The van der Waals surface area contributed by atoms with E-state index in [9.17, 15) is 14.7 Å². The van der Waals surface area contributed by atoms with Crippen LogP contribution in [0.3, 0.4) is 0 Å². The second-order valence-electron chi connectivity index (χ2n) is 8.48. The molecular weight excluding hydrogens is 450 g/mol. The van der Waals surface area contributed by atoms with Crippen molar-refractivity contribution in [1.82, 2.24) is 0 Å². The molecule has 1 aliphatic rings. The van der Waals surface area contributed by atoms with Gasteiger partial charge in [-0.25, -0.2) is 0 Å². The van der Waals surface area contributed by atoms with E-state index < -0.39 is 17.7 Å². The summed E-state index contributed by atoms with van der Waals surface area (Å²) in [5.74, 6) is -0.252. The van der Waals surface area contributed by atoms with E-state index >= 15 is 0 Å². The van der Waals surface area contributed by atoms with Crippen molar-refractivity contribution in [1.29, 1.82) is 0 Å². The van der Waals surface area contributed by atoms with Gasteiger partial charge >= 0.3 is 0 Å². The molecule has 0 bridgehead atoms. The molecule has 0 aliphatic carbocycles. The number of aliphatic hydroxyl groups excluding tert-OH is 1. The maximum absolute atomic E-state index is 13.3. The minimum absolute atomic E-state index is 0.00905. The number of hydrogen-bond donors (Lipinski definition) is 1. The van der Waals surface area contributed by atoms with Crippen molar-refractivity contribution >= 4 is 34.5 Å². The summed E-state index contributed by atoms with van der Waals surface area (Å²) in [6, 6.07) is 13.4. The lowest BCUT2D eigenvalue weighted by molar-refractivity contribution is -0.132. The number of rotatable bonds is 6. The number of nitrogens with zero attached hydrogens (tertiary/aromatic N) is 1. The molecule has 176 valence electrons. The third-order valence-corrected chi connectivity index (χ3v) is 6.83. The van der Waals surface area contributed by atoms with E-state index in [1.165, 1.54) is 16.2 Å². The van der Waals surface area contributed by atoms with E-state index in [0.29, 0.717) is 22.7 Å². The molecule has 1 N–H and O–H groups in total. The zero-order valence-corrected chi connectivity index (χ0v) is 20.6. The Balaban J connectivity index is 1.87. The van der Waals surface area contributed by atoms with Crippen LogP contribution < -0.4 is 14.4 Å². The number of amides is 1. The molecule has 1 saturated heterocycles. The van der Waals surface area contributed by atoms with Crippen LogP contribution in [0.2, 0.25) is 0 Å². The topological polar surface area (TPSA) is 76.1 Å². The zero-order valence-electron chi connectivity index (χ0n) is 19.8. The largest absolute Gasteiger partial charge is 0.507 e. The molecular formula is C27H27NO5S. The van der Waals surface area contributed by atoms with Gasteiger partial charge in [0.2, 0.25) is 0 Å². The average molecular weight is 478 g/mol. The van der Waals surface area contributed by atoms with Crippen LogP contribution in [0.25, 0.3) is 5.76 Å². The SMILES string of the molecule is COc1ccc(N2C(=O)C(=O)/C(=C(\O)c3ccc(OC(C)C)c(C)c3)C2c2sccc2C)cc1. The number of carbonyl (C=O) groups is 2. The van der Waals surface area contributed by atoms with Gasteiger partial charge in [-0.05, 0) is 92.7 Å². The fourth-order valence-electron chi connectivity index (χ4n) is 4.09. The molecule has 1 amide bonds. The van der Waals surface area contributed by atoms with Crippen LogP contribution in [0, 0.1) is 13.8 Å². The Labute approximate surface area is 203 Å². The van der Waals surface area contributed by atoms with Gasteiger partial charge in [-0.1, -0.05) is 0 Å². The third kappa shape index (κ3) is 4.19. The number of thiophene rings is 1. The Morgan fingerprint density at radius 1 is 1.03 bits per heavy atom. The lowest BCUT2D eigenvalue weighted by Crippen LogP contribution is -2.29. The number of aliphatic hydroxyl groups is 1. The number of benzene rings is 2. The molecule has 2 heterocycles. The molecule has 2 aromatic carbocycles. The number of ether oxygens (including phenoxy) is 2. The molecule has 1 unspecified atom stereocenters. The highest BCUT2D eigenvalue weighted by Gasteiger charge is 2.48. The van der Waals surface area contributed by atoms with Crippen molar-refractivity contribution < 1.29 is 24.2 Å². The Morgan fingerprint density at radius 2 is 1.74 bits per heavy atom. The zero-order chi connectivity index (χ0) is 24.6. The smallest absolute Gasteiger partial charge is 0.300 e. The molecule has 1 fully saturated rings. The third-order valence-electron chi connectivity index (χ3n) is 5.76. The van der Waals surface area contributed by atoms with E-state index in [1.54, 1.807) is 49.6 Å². The number of anilines is 1.